The Morgan fingerprint density at radius 3 is 2.52 bits per heavy atom. The zero-order valence-corrected chi connectivity index (χ0v) is 15.8. The topological polar surface area (TPSA) is 47.6 Å². The van der Waals surface area contributed by atoms with E-state index in [0.29, 0.717) is 18.1 Å². The van der Waals surface area contributed by atoms with E-state index in [0.717, 1.165) is 17.9 Å². The molecule has 0 radical (unpaired) electrons. The highest BCUT2D eigenvalue weighted by atomic mass is 79.9. The van der Waals surface area contributed by atoms with E-state index in [4.69, 9.17) is 9.47 Å². The molecule has 0 spiro atoms. The van der Waals surface area contributed by atoms with Crippen molar-refractivity contribution in [3.8, 4) is 11.5 Å². The van der Waals surface area contributed by atoms with E-state index in [1.807, 2.05) is 0 Å². The first kappa shape index (κ1) is 19.5. The number of halogens is 3. The minimum atomic E-state index is -0.826. The Bertz CT molecular complexity index is 705. The number of carbonyl (C=O) groups excluding carboxylic acids is 1. The molecule has 1 amide bonds. The van der Waals surface area contributed by atoms with Crippen LogP contribution in [0.5, 0.6) is 11.5 Å². The van der Waals surface area contributed by atoms with Crippen LogP contribution in [0.25, 0.3) is 0 Å². The van der Waals surface area contributed by atoms with Gasteiger partial charge in [0.05, 0.1) is 25.2 Å². The molecule has 0 unspecified atom stereocenters. The van der Waals surface area contributed by atoms with Crippen LogP contribution in [0.15, 0.2) is 40.9 Å². The van der Waals surface area contributed by atoms with Crippen molar-refractivity contribution in [3.05, 3.63) is 52.5 Å². The Kier molecular flexibility index (Phi) is 7.52. The predicted molar refractivity (Wildman–Crippen MR) is 98.5 cm³/mol. The minimum Gasteiger partial charge on any atom is -0.497 e. The standard InChI is InChI=1S/C17H16BrF2NO3S/c1-23-12-2-4-13(5-3-12)24-6-7-25-10-16(22)21-17-14(18)8-11(19)9-15(17)20/h2-5,8-9H,6-7,10H2,1H3,(H,21,22). The largest absolute Gasteiger partial charge is 0.497 e. The summed E-state index contributed by atoms with van der Waals surface area (Å²) in [5.74, 6) is 0.267. The van der Waals surface area contributed by atoms with Gasteiger partial charge in [-0.2, -0.15) is 0 Å². The highest BCUT2D eigenvalue weighted by Gasteiger charge is 2.12. The number of anilines is 1. The molecule has 0 saturated heterocycles. The third kappa shape index (κ3) is 6.21. The normalized spacial score (nSPS) is 10.4. The third-order valence-electron chi connectivity index (χ3n) is 3.06. The van der Waals surface area contributed by atoms with Crippen molar-refractivity contribution in [2.24, 2.45) is 0 Å². The molecule has 4 nitrogen and oxygen atoms in total. The number of thioether (sulfide) groups is 1. The Hall–Kier alpha value is -1.80. The van der Waals surface area contributed by atoms with Crippen LogP contribution in [-0.2, 0) is 4.79 Å². The van der Waals surface area contributed by atoms with Crippen molar-refractivity contribution >= 4 is 39.3 Å². The summed E-state index contributed by atoms with van der Waals surface area (Å²) in [5.41, 5.74) is -0.0681. The maximum Gasteiger partial charge on any atom is 0.234 e. The average Bonchev–Trinajstić information content (AvgIpc) is 2.58. The Morgan fingerprint density at radius 2 is 1.88 bits per heavy atom. The summed E-state index contributed by atoms with van der Waals surface area (Å²) in [6.07, 6.45) is 0. The van der Waals surface area contributed by atoms with Gasteiger partial charge < -0.3 is 14.8 Å². The van der Waals surface area contributed by atoms with Gasteiger partial charge in [0.1, 0.15) is 17.3 Å². The zero-order valence-electron chi connectivity index (χ0n) is 13.4. The van der Waals surface area contributed by atoms with E-state index in [1.54, 1.807) is 31.4 Å². The van der Waals surface area contributed by atoms with E-state index in [9.17, 15) is 13.6 Å². The molecule has 0 aliphatic carbocycles. The lowest BCUT2D eigenvalue weighted by molar-refractivity contribution is -0.113. The van der Waals surface area contributed by atoms with Crippen molar-refractivity contribution in [1.82, 2.24) is 0 Å². The molecule has 25 heavy (non-hydrogen) atoms. The fraction of sp³-hybridized carbons (Fsp3) is 0.235. The van der Waals surface area contributed by atoms with Crippen LogP contribution < -0.4 is 14.8 Å². The van der Waals surface area contributed by atoms with E-state index < -0.39 is 11.6 Å². The van der Waals surface area contributed by atoms with Crippen LogP contribution in [0.4, 0.5) is 14.5 Å². The summed E-state index contributed by atoms with van der Waals surface area (Å²) in [6.45, 7) is 0.429. The van der Waals surface area contributed by atoms with Crippen LogP contribution in [-0.4, -0.2) is 31.1 Å². The molecule has 2 aromatic rings. The molecule has 2 aromatic carbocycles. The van der Waals surface area contributed by atoms with E-state index in [1.165, 1.54) is 11.8 Å². The third-order valence-corrected chi connectivity index (χ3v) is 4.61. The molecular formula is C17H16BrF2NO3S. The minimum absolute atomic E-state index is 0.0681. The van der Waals surface area contributed by atoms with Gasteiger partial charge in [-0.25, -0.2) is 8.78 Å². The highest BCUT2D eigenvalue weighted by Crippen LogP contribution is 2.27. The molecule has 0 bridgehead atoms. The summed E-state index contributed by atoms with van der Waals surface area (Å²) in [5, 5.41) is 2.42. The van der Waals surface area contributed by atoms with Gasteiger partial charge in [0.25, 0.3) is 0 Å². The molecule has 0 atom stereocenters. The molecule has 0 saturated carbocycles. The van der Waals surface area contributed by atoms with Gasteiger partial charge in [-0.1, -0.05) is 0 Å². The molecule has 2 rings (SSSR count). The molecular weight excluding hydrogens is 416 g/mol. The summed E-state index contributed by atoms with van der Waals surface area (Å²) < 4.78 is 37.4. The lowest BCUT2D eigenvalue weighted by Crippen LogP contribution is -2.16. The first-order chi connectivity index (χ1) is 12.0. The number of hydrogen-bond donors (Lipinski definition) is 1. The summed E-state index contributed by atoms with van der Waals surface area (Å²) in [4.78, 5) is 11.8. The van der Waals surface area contributed by atoms with Crippen LogP contribution in [0.2, 0.25) is 0 Å². The number of hydrogen-bond acceptors (Lipinski definition) is 4. The number of ether oxygens (including phenoxy) is 2. The van der Waals surface area contributed by atoms with Crippen molar-refractivity contribution in [2.75, 3.05) is 30.5 Å². The first-order valence-electron chi connectivity index (χ1n) is 7.28. The number of carbonyl (C=O) groups is 1. The number of rotatable bonds is 8. The van der Waals surface area contributed by atoms with Gasteiger partial charge in [-0.05, 0) is 46.3 Å². The van der Waals surface area contributed by atoms with Crippen LogP contribution in [0.3, 0.4) is 0 Å². The predicted octanol–water partition coefficient (Wildman–Crippen LogP) is 4.49. The van der Waals surface area contributed by atoms with E-state index >= 15 is 0 Å². The van der Waals surface area contributed by atoms with E-state index in [-0.39, 0.29) is 21.8 Å². The van der Waals surface area contributed by atoms with Crippen molar-refractivity contribution in [3.63, 3.8) is 0 Å². The Morgan fingerprint density at radius 1 is 1.20 bits per heavy atom. The second kappa shape index (κ2) is 9.62. The number of methoxy groups -OCH3 is 1. The molecule has 1 N–H and O–H groups in total. The maximum absolute atomic E-state index is 13.6. The Balaban J connectivity index is 1.70. The lowest BCUT2D eigenvalue weighted by atomic mass is 10.3. The molecule has 0 aromatic heterocycles. The number of amides is 1. The molecule has 134 valence electrons. The molecule has 0 aliphatic heterocycles. The molecule has 0 heterocycles. The average molecular weight is 432 g/mol. The van der Waals surface area contributed by atoms with Gasteiger partial charge >= 0.3 is 0 Å². The zero-order chi connectivity index (χ0) is 18.2. The van der Waals surface area contributed by atoms with Gasteiger partial charge in [-0.3, -0.25) is 4.79 Å². The van der Waals surface area contributed by atoms with Crippen LogP contribution in [0, 0.1) is 11.6 Å². The van der Waals surface area contributed by atoms with Gasteiger partial charge in [0.2, 0.25) is 5.91 Å². The van der Waals surface area contributed by atoms with Gasteiger partial charge in [-0.15, -0.1) is 11.8 Å². The summed E-state index contributed by atoms with van der Waals surface area (Å²) in [6, 6.07) is 9.00. The van der Waals surface area contributed by atoms with Crippen LogP contribution >= 0.6 is 27.7 Å². The fourth-order valence-electron chi connectivity index (χ4n) is 1.89. The van der Waals surface area contributed by atoms with E-state index in [2.05, 4.69) is 21.2 Å². The molecule has 8 heteroatoms. The van der Waals surface area contributed by atoms with Crippen molar-refractivity contribution < 1.29 is 23.0 Å². The first-order valence-corrected chi connectivity index (χ1v) is 9.23. The van der Waals surface area contributed by atoms with Gasteiger partial charge in [0, 0.05) is 16.3 Å². The van der Waals surface area contributed by atoms with Crippen molar-refractivity contribution in [2.45, 2.75) is 0 Å². The lowest BCUT2D eigenvalue weighted by Gasteiger charge is -2.09. The van der Waals surface area contributed by atoms with Crippen molar-refractivity contribution in [1.29, 1.82) is 0 Å². The second-order valence-electron chi connectivity index (χ2n) is 4.87. The molecule has 0 fully saturated rings. The van der Waals surface area contributed by atoms with Crippen LogP contribution in [0.1, 0.15) is 0 Å². The van der Waals surface area contributed by atoms with Gasteiger partial charge in [0.15, 0.2) is 5.82 Å². The Labute approximate surface area is 157 Å². The summed E-state index contributed by atoms with van der Waals surface area (Å²) in [7, 11) is 1.59. The fourth-order valence-corrected chi connectivity index (χ4v) is 3.00. The number of nitrogens with one attached hydrogen (secondary N) is 1. The summed E-state index contributed by atoms with van der Waals surface area (Å²) >= 11 is 4.37. The maximum atomic E-state index is 13.6. The quantitative estimate of drug-likeness (QED) is 0.625. The monoisotopic (exact) mass is 431 g/mol. The number of benzene rings is 2. The SMILES string of the molecule is COc1ccc(OCCSCC(=O)Nc2c(F)cc(F)cc2Br)cc1. The smallest absolute Gasteiger partial charge is 0.234 e. The molecule has 0 aliphatic rings. The highest BCUT2D eigenvalue weighted by molar-refractivity contribution is 9.10. The second-order valence-corrected chi connectivity index (χ2v) is 6.83.